The van der Waals surface area contributed by atoms with Crippen LogP contribution in [0.3, 0.4) is 0 Å². The molecular formula is C13H20BrN3O2. The first-order chi connectivity index (χ1) is 9.10. The monoisotopic (exact) mass is 329 g/mol. The van der Waals surface area contributed by atoms with Crippen LogP contribution in [0.25, 0.3) is 0 Å². The molecule has 1 aromatic rings. The van der Waals surface area contributed by atoms with Crippen molar-refractivity contribution in [2.45, 2.75) is 20.3 Å². The van der Waals surface area contributed by atoms with Gasteiger partial charge in [-0.05, 0) is 19.4 Å². The fraction of sp³-hybridized carbons (Fsp3) is 0.615. The Morgan fingerprint density at radius 2 is 2.16 bits per heavy atom. The standard InChI is InChI=1S/C13H20BrN3O2/c1-4-12-11(9-10(2)15-16-12)13(18)17(3)6-8-19-7-5-14/h9H,4-8H2,1-3H3. The van der Waals surface area contributed by atoms with Gasteiger partial charge in [-0.15, -0.1) is 0 Å². The number of halogens is 1. The quantitative estimate of drug-likeness (QED) is 0.565. The third-order valence-corrected chi connectivity index (χ3v) is 3.02. The van der Waals surface area contributed by atoms with Crippen molar-refractivity contribution in [1.29, 1.82) is 0 Å². The second-order valence-corrected chi connectivity index (χ2v) is 5.02. The number of aryl methyl sites for hydroxylation is 2. The number of likely N-dealkylation sites (N-methyl/N-ethyl adjacent to an activating group) is 1. The van der Waals surface area contributed by atoms with Crippen LogP contribution in [0.4, 0.5) is 0 Å². The number of alkyl halides is 1. The molecule has 1 heterocycles. The molecule has 1 amide bonds. The minimum atomic E-state index is -0.0303. The van der Waals surface area contributed by atoms with E-state index in [1.54, 1.807) is 18.0 Å². The maximum Gasteiger partial charge on any atom is 0.255 e. The SMILES string of the molecule is CCc1nnc(C)cc1C(=O)N(C)CCOCCBr. The van der Waals surface area contributed by atoms with Crippen LogP contribution in [0.2, 0.25) is 0 Å². The summed E-state index contributed by atoms with van der Waals surface area (Å²) in [6, 6.07) is 1.80. The highest BCUT2D eigenvalue weighted by atomic mass is 79.9. The number of hydrogen-bond donors (Lipinski definition) is 0. The molecule has 5 nitrogen and oxygen atoms in total. The van der Waals surface area contributed by atoms with E-state index in [1.807, 2.05) is 13.8 Å². The minimum absolute atomic E-state index is 0.0303. The Labute approximate surface area is 122 Å². The highest BCUT2D eigenvalue weighted by molar-refractivity contribution is 9.09. The van der Waals surface area contributed by atoms with Gasteiger partial charge in [-0.2, -0.15) is 10.2 Å². The van der Waals surface area contributed by atoms with Crippen LogP contribution in [0.1, 0.15) is 28.7 Å². The Morgan fingerprint density at radius 1 is 1.42 bits per heavy atom. The normalized spacial score (nSPS) is 10.5. The molecule has 0 radical (unpaired) electrons. The zero-order chi connectivity index (χ0) is 14.3. The summed E-state index contributed by atoms with van der Waals surface area (Å²) < 4.78 is 5.35. The number of amides is 1. The van der Waals surface area contributed by atoms with Gasteiger partial charge in [0, 0.05) is 18.9 Å². The van der Waals surface area contributed by atoms with Gasteiger partial charge in [0.1, 0.15) is 0 Å². The van der Waals surface area contributed by atoms with Crippen molar-refractivity contribution in [2.24, 2.45) is 0 Å². The number of nitrogens with zero attached hydrogens (tertiary/aromatic N) is 3. The van der Waals surface area contributed by atoms with Crippen LogP contribution < -0.4 is 0 Å². The Balaban J connectivity index is 2.68. The summed E-state index contributed by atoms with van der Waals surface area (Å²) in [6.45, 7) is 5.55. The summed E-state index contributed by atoms with van der Waals surface area (Å²) in [5.41, 5.74) is 2.13. The molecule has 0 fully saturated rings. The lowest BCUT2D eigenvalue weighted by atomic mass is 10.1. The van der Waals surface area contributed by atoms with E-state index < -0.39 is 0 Å². The van der Waals surface area contributed by atoms with Crippen molar-refractivity contribution in [3.8, 4) is 0 Å². The Morgan fingerprint density at radius 3 is 2.79 bits per heavy atom. The summed E-state index contributed by atoms with van der Waals surface area (Å²) in [5, 5.41) is 8.87. The second kappa shape index (κ2) is 8.22. The molecule has 0 atom stereocenters. The van der Waals surface area contributed by atoms with Gasteiger partial charge in [-0.3, -0.25) is 4.79 Å². The fourth-order valence-corrected chi connectivity index (χ4v) is 1.85. The Hall–Kier alpha value is -1.01. The number of aromatic nitrogens is 2. The third kappa shape index (κ3) is 4.87. The van der Waals surface area contributed by atoms with E-state index in [4.69, 9.17) is 4.74 Å². The predicted molar refractivity (Wildman–Crippen MR) is 77.7 cm³/mol. The van der Waals surface area contributed by atoms with E-state index in [9.17, 15) is 4.79 Å². The molecule has 106 valence electrons. The van der Waals surface area contributed by atoms with Crippen molar-refractivity contribution in [1.82, 2.24) is 15.1 Å². The average molecular weight is 330 g/mol. The summed E-state index contributed by atoms with van der Waals surface area (Å²) in [5.74, 6) is -0.0303. The first-order valence-corrected chi connectivity index (χ1v) is 7.44. The van der Waals surface area contributed by atoms with Gasteiger partial charge in [0.25, 0.3) is 5.91 Å². The van der Waals surface area contributed by atoms with Gasteiger partial charge in [-0.25, -0.2) is 0 Å². The van der Waals surface area contributed by atoms with E-state index in [0.717, 1.165) is 16.7 Å². The van der Waals surface area contributed by atoms with Gasteiger partial charge in [0.05, 0.1) is 30.2 Å². The lowest BCUT2D eigenvalue weighted by molar-refractivity contribution is 0.0711. The van der Waals surface area contributed by atoms with Crippen LogP contribution in [0, 0.1) is 6.92 Å². The second-order valence-electron chi connectivity index (χ2n) is 4.23. The molecule has 0 saturated carbocycles. The fourth-order valence-electron chi connectivity index (χ4n) is 1.63. The molecule has 0 N–H and O–H groups in total. The van der Waals surface area contributed by atoms with E-state index in [1.165, 1.54) is 0 Å². The molecule has 0 saturated heterocycles. The molecule has 19 heavy (non-hydrogen) atoms. The lowest BCUT2D eigenvalue weighted by Gasteiger charge is -2.18. The van der Waals surface area contributed by atoms with Crippen LogP contribution in [0.15, 0.2) is 6.07 Å². The molecule has 1 rings (SSSR count). The zero-order valence-electron chi connectivity index (χ0n) is 11.6. The van der Waals surface area contributed by atoms with E-state index in [2.05, 4.69) is 26.1 Å². The van der Waals surface area contributed by atoms with E-state index in [-0.39, 0.29) is 5.91 Å². The largest absolute Gasteiger partial charge is 0.379 e. The molecule has 0 bridgehead atoms. The highest BCUT2D eigenvalue weighted by Gasteiger charge is 2.16. The topological polar surface area (TPSA) is 55.3 Å². The first kappa shape index (κ1) is 16.0. The molecule has 0 unspecified atom stereocenters. The average Bonchev–Trinajstić information content (AvgIpc) is 2.42. The molecule has 0 spiro atoms. The number of ether oxygens (including phenoxy) is 1. The van der Waals surface area contributed by atoms with Crippen LogP contribution in [-0.4, -0.2) is 53.1 Å². The molecule has 0 aromatic carbocycles. The Kier molecular flexibility index (Phi) is 6.94. The number of carbonyl (C=O) groups is 1. The van der Waals surface area contributed by atoms with Crippen molar-refractivity contribution in [3.05, 3.63) is 23.0 Å². The van der Waals surface area contributed by atoms with E-state index >= 15 is 0 Å². The van der Waals surface area contributed by atoms with Crippen molar-refractivity contribution in [3.63, 3.8) is 0 Å². The first-order valence-electron chi connectivity index (χ1n) is 6.32. The summed E-state index contributed by atoms with van der Waals surface area (Å²) in [4.78, 5) is 14.0. The van der Waals surface area contributed by atoms with Crippen LogP contribution in [0.5, 0.6) is 0 Å². The summed E-state index contributed by atoms with van der Waals surface area (Å²) >= 11 is 3.29. The van der Waals surface area contributed by atoms with Gasteiger partial charge in [0.15, 0.2) is 0 Å². The molecule has 0 aliphatic heterocycles. The van der Waals surface area contributed by atoms with Crippen molar-refractivity contribution >= 4 is 21.8 Å². The minimum Gasteiger partial charge on any atom is -0.379 e. The Bertz CT molecular complexity index is 426. The molecular weight excluding hydrogens is 310 g/mol. The molecule has 1 aromatic heterocycles. The van der Waals surface area contributed by atoms with Gasteiger partial charge >= 0.3 is 0 Å². The maximum absolute atomic E-state index is 12.3. The summed E-state index contributed by atoms with van der Waals surface area (Å²) in [6.07, 6.45) is 0.697. The van der Waals surface area contributed by atoms with Gasteiger partial charge in [-0.1, -0.05) is 22.9 Å². The summed E-state index contributed by atoms with van der Waals surface area (Å²) in [7, 11) is 1.77. The van der Waals surface area contributed by atoms with Gasteiger partial charge in [0.2, 0.25) is 0 Å². The zero-order valence-corrected chi connectivity index (χ0v) is 13.2. The molecule has 0 aliphatic rings. The van der Waals surface area contributed by atoms with Crippen LogP contribution >= 0.6 is 15.9 Å². The number of rotatable bonds is 7. The number of carbonyl (C=O) groups excluding carboxylic acids is 1. The van der Waals surface area contributed by atoms with Crippen molar-refractivity contribution in [2.75, 3.05) is 32.1 Å². The lowest BCUT2D eigenvalue weighted by Crippen LogP contribution is -2.31. The van der Waals surface area contributed by atoms with Gasteiger partial charge < -0.3 is 9.64 Å². The van der Waals surface area contributed by atoms with E-state index in [0.29, 0.717) is 31.7 Å². The third-order valence-electron chi connectivity index (χ3n) is 2.70. The number of hydrogen-bond acceptors (Lipinski definition) is 4. The van der Waals surface area contributed by atoms with Crippen LogP contribution in [-0.2, 0) is 11.2 Å². The molecule has 0 aliphatic carbocycles. The predicted octanol–water partition coefficient (Wildman–Crippen LogP) is 1.83. The van der Waals surface area contributed by atoms with Crippen molar-refractivity contribution < 1.29 is 9.53 Å². The smallest absolute Gasteiger partial charge is 0.255 e. The molecule has 6 heteroatoms. The maximum atomic E-state index is 12.3. The highest BCUT2D eigenvalue weighted by Crippen LogP contribution is 2.10.